The van der Waals surface area contributed by atoms with Crippen molar-refractivity contribution in [2.45, 2.75) is 19.1 Å². The number of nitrogens with zero attached hydrogens (tertiary/aromatic N) is 2. The van der Waals surface area contributed by atoms with Gasteiger partial charge in [0.2, 0.25) is 0 Å². The van der Waals surface area contributed by atoms with E-state index in [9.17, 15) is 23.3 Å². The van der Waals surface area contributed by atoms with E-state index >= 15 is 0 Å². The lowest BCUT2D eigenvalue weighted by Crippen LogP contribution is -2.32. The lowest BCUT2D eigenvalue weighted by molar-refractivity contribution is 0.472. The second-order valence-electron chi connectivity index (χ2n) is 9.77. The van der Waals surface area contributed by atoms with Gasteiger partial charge in [0.25, 0.3) is 0 Å². The highest BCUT2D eigenvalue weighted by Crippen LogP contribution is 2.62. The number of rotatable bonds is 4. The highest BCUT2D eigenvalue weighted by atomic mass is 16.5. The first-order valence-electron chi connectivity index (χ1n) is 29.2. The van der Waals surface area contributed by atoms with Gasteiger partial charge in [0.05, 0.1) is 58.4 Å². The highest BCUT2D eigenvalue weighted by molar-refractivity contribution is 6.06. The van der Waals surface area contributed by atoms with Gasteiger partial charge in [-0.15, -0.1) is 0 Å². The van der Waals surface area contributed by atoms with Gasteiger partial charge in [0.15, 0.2) is 11.5 Å². The second kappa shape index (κ2) is 10.1. The summed E-state index contributed by atoms with van der Waals surface area (Å²) in [5, 5.41) is -1.46. The first-order chi connectivity index (χ1) is 35.9. The van der Waals surface area contributed by atoms with Crippen LogP contribution in [0.5, 0.6) is 11.5 Å². The van der Waals surface area contributed by atoms with E-state index in [-0.39, 0.29) is 4.90 Å². The summed E-state index contributed by atoms with van der Waals surface area (Å²) in [7, 11) is 0. The third-order valence-electron chi connectivity index (χ3n) is 7.18. The molecular formula is C43H32N2O. The Labute approximate surface area is 314 Å². The van der Waals surface area contributed by atoms with Crippen molar-refractivity contribution in [2.24, 2.45) is 0 Å². The SMILES string of the molecule is [2H]c1c([2H])c([2H])c(-c2c([2H])c([2H])c(N(c3c([2H])c([2H])c([2H])c([2H])c3[2H])c3c([2H])c4c5c(c3[2H])C(C([2H])([2H])[2H])(C([2H])([2H])[2H])c3c([2H])c([2H])c([2H])c([2H])c3N5c3c(c([2H])c([2H])c5c([2H])c([2H])c([2H])c([2H])c35)O4)c([2H])c2[2H])c([2H])c1[2H]. The van der Waals surface area contributed by atoms with Crippen molar-refractivity contribution < 1.29 is 48.6 Å². The summed E-state index contributed by atoms with van der Waals surface area (Å²) in [6, 6.07) is -30.2. The van der Waals surface area contributed by atoms with Crippen molar-refractivity contribution >= 4 is 44.9 Å². The Morgan fingerprint density at radius 3 is 2.04 bits per heavy atom. The Hall–Kier alpha value is -5.80. The van der Waals surface area contributed by atoms with Crippen LogP contribution in [0, 0.1) is 0 Å². The molecule has 0 aromatic heterocycles. The van der Waals surface area contributed by atoms with E-state index in [2.05, 4.69) is 0 Å². The van der Waals surface area contributed by atoms with Crippen molar-refractivity contribution in [2.75, 3.05) is 9.80 Å². The van der Waals surface area contributed by atoms with Crippen LogP contribution in [0.4, 0.5) is 34.1 Å². The predicted octanol–water partition coefficient (Wildman–Crippen LogP) is 12.2. The molecule has 0 fully saturated rings. The van der Waals surface area contributed by atoms with Crippen molar-refractivity contribution in [3.05, 3.63) is 168 Å². The first kappa shape index (κ1) is 9.60. The minimum atomic E-state index is -4.18. The Morgan fingerprint density at radius 2 is 1.24 bits per heavy atom. The maximum Gasteiger partial charge on any atom is 0.153 e. The van der Waals surface area contributed by atoms with Gasteiger partial charge in [-0.3, -0.25) is 0 Å². The average molecular weight is 625 g/mol. The summed E-state index contributed by atoms with van der Waals surface area (Å²) >= 11 is 0. The largest absolute Gasteiger partial charge is 0.453 e. The highest BCUT2D eigenvalue weighted by Gasteiger charge is 2.42. The van der Waals surface area contributed by atoms with E-state index in [1.807, 2.05) is 0 Å². The average Bonchev–Trinajstić information content (AvgIpc) is 3.38. The Balaban J connectivity index is 1.61. The third-order valence-corrected chi connectivity index (χ3v) is 7.18. The minimum absolute atomic E-state index is 0.186. The Bertz CT molecular complexity index is 3860. The number of hydrogen-bond acceptors (Lipinski definition) is 3. The molecule has 0 aliphatic carbocycles. The van der Waals surface area contributed by atoms with Crippen molar-refractivity contribution in [1.29, 1.82) is 0 Å². The topological polar surface area (TPSA) is 15.7 Å². The van der Waals surface area contributed by atoms with Crippen molar-refractivity contribution in [3.63, 3.8) is 0 Å². The molecule has 7 aromatic carbocycles. The van der Waals surface area contributed by atoms with Gasteiger partial charge < -0.3 is 14.5 Å². The molecule has 0 N–H and O–H groups in total. The molecule has 9 rings (SSSR count). The fourth-order valence-corrected chi connectivity index (χ4v) is 5.24. The standard InChI is InChI=1S/C43H32N2O/c1-43(2)36-19-11-12-20-38(36)45-41-35-18-10-9-15-31(35)23-26-39(41)46-40-28-34(27-37(43)42(40)45)44(32-16-7-4-8-17-32)33-24-21-30(22-25-33)29-13-5-3-6-14-29/h3-28H,1-2H3/i1D3,2D3,3D,4D,5D,6D,7D,8D,9D,10D,11D,12D,13D,14D,15D,16D,17D,18D,19D,20D,21D,22D,23D,24D,25D,26D,27D,28D. The number of hydrogen-bond donors (Lipinski definition) is 0. The number of anilines is 6. The van der Waals surface area contributed by atoms with Gasteiger partial charge in [0, 0.05) is 36.4 Å². The smallest absolute Gasteiger partial charge is 0.153 e. The minimum Gasteiger partial charge on any atom is -0.453 e. The summed E-state index contributed by atoms with van der Waals surface area (Å²) in [5.41, 5.74) is -15.5. The molecule has 0 saturated heterocycles. The molecule has 220 valence electrons. The molecular weight excluding hydrogens is 560 g/mol. The normalized spacial score (nSPS) is 24.1. The molecule has 0 amide bonds. The molecule has 2 heterocycles. The third kappa shape index (κ3) is 3.98. The molecule has 3 heteroatoms. The summed E-state index contributed by atoms with van der Waals surface area (Å²) in [6.45, 7) is -8.37. The van der Waals surface area contributed by atoms with E-state index in [1.54, 1.807) is 0 Å². The molecule has 7 aromatic rings. The number of fused-ring (bicyclic) bond motifs is 6. The van der Waals surface area contributed by atoms with Crippen LogP contribution in [0.1, 0.15) is 68.7 Å². The van der Waals surface area contributed by atoms with Gasteiger partial charge in [-0.2, -0.15) is 0 Å². The van der Waals surface area contributed by atoms with E-state index in [0.717, 1.165) is 0 Å². The molecule has 0 bridgehead atoms. The zero-order valence-electron chi connectivity index (χ0n) is 54.8. The molecule has 3 nitrogen and oxygen atoms in total. The van der Waals surface area contributed by atoms with Crippen LogP contribution in [0.3, 0.4) is 0 Å². The van der Waals surface area contributed by atoms with Crippen LogP contribution < -0.4 is 14.5 Å². The molecule has 0 atom stereocenters. The maximum absolute atomic E-state index is 10.3. The molecule has 0 radical (unpaired) electrons. The lowest BCUT2D eigenvalue weighted by Gasteiger charge is -2.45. The van der Waals surface area contributed by atoms with Gasteiger partial charge in [-0.05, 0) is 69.9 Å². The first-order valence-corrected chi connectivity index (χ1v) is 13.2. The lowest BCUT2D eigenvalue weighted by atomic mass is 9.73. The van der Waals surface area contributed by atoms with Crippen molar-refractivity contribution in [3.8, 4) is 22.6 Å². The number of ether oxygens (including phenoxy) is 1. The van der Waals surface area contributed by atoms with Gasteiger partial charge in [-0.1, -0.05) is 122 Å². The van der Waals surface area contributed by atoms with E-state index in [0.29, 0.717) is 4.90 Å². The second-order valence-corrected chi connectivity index (χ2v) is 9.77. The Morgan fingerprint density at radius 1 is 0.565 bits per heavy atom. The molecule has 2 aliphatic rings. The summed E-state index contributed by atoms with van der Waals surface area (Å²) in [6.07, 6.45) is 0. The van der Waals surface area contributed by atoms with Crippen LogP contribution in [0.2, 0.25) is 0 Å². The van der Waals surface area contributed by atoms with Crippen LogP contribution >= 0.6 is 0 Å². The van der Waals surface area contributed by atoms with Gasteiger partial charge in [-0.25, -0.2) is 0 Å². The number of para-hydroxylation sites is 2. The molecule has 46 heavy (non-hydrogen) atoms. The van der Waals surface area contributed by atoms with E-state index in [4.69, 9.17) is 25.3 Å². The summed E-state index contributed by atoms with van der Waals surface area (Å²) < 4.78 is 295. The zero-order chi connectivity index (χ0) is 58.5. The van der Waals surface area contributed by atoms with Crippen LogP contribution in [0.25, 0.3) is 21.9 Å². The molecule has 0 spiro atoms. The summed E-state index contributed by atoms with van der Waals surface area (Å²) in [4.78, 5) is 0.789. The quantitative estimate of drug-likeness (QED) is 0.194. The van der Waals surface area contributed by atoms with Crippen molar-refractivity contribution in [1.82, 2.24) is 0 Å². The van der Waals surface area contributed by atoms with Crippen LogP contribution in [0.15, 0.2) is 157 Å². The van der Waals surface area contributed by atoms with Crippen LogP contribution in [-0.4, -0.2) is 0 Å². The predicted molar refractivity (Wildman–Crippen MR) is 191 cm³/mol. The van der Waals surface area contributed by atoms with Crippen LogP contribution in [-0.2, 0) is 5.41 Å². The number of benzene rings is 7. The van der Waals surface area contributed by atoms with Gasteiger partial charge >= 0.3 is 0 Å². The molecule has 0 saturated carbocycles. The molecule has 2 aliphatic heterocycles. The van der Waals surface area contributed by atoms with Gasteiger partial charge in [0.1, 0.15) is 0 Å². The summed E-state index contributed by atoms with van der Waals surface area (Å²) in [5.74, 6) is -2.20. The monoisotopic (exact) mass is 624 g/mol. The fourth-order valence-electron chi connectivity index (χ4n) is 5.24. The van der Waals surface area contributed by atoms with E-state index in [1.165, 1.54) is 0 Å². The maximum atomic E-state index is 10.3. The zero-order valence-corrected chi connectivity index (χ0v) is 22.8. The Kier molecular flexibility index (Phi) is 2.11. The molecule has 0 unspecified atom stereocenters. The van der Waals surface area contributed by atoms with E-state index < -0.39 is 255 Å². The fraction of sp³-hybridized carbons (Fsp3) is 0.0698.